The zero-order valence-electron chi connectivity index (χ0n) is 9.79. The summed E-state index contributed by atoms with van der Waals surface area (Å²) in [7, 11) is 0. The lowest BCUT2D eigenvalue weighted by atomic mass is 9.91. The van der Waals surface area contributed by atoms with Gasteiger partial charge in [-0.1, -0.05) is 0 Å². The molecule has 0 aromatic heterocycles. The van der Waals surface area contributed by atoms with E-state index in [2.05, 4.69) is 18.7 Å². The van der Waals surface area contributed by atoms with Gasteiger partial charge < -0.3 is 9.84 Å². The molecule has 0 spiro atoms. The van der Waals surface area contributed by atoms with Gasteiger partial charge in [0.1, 0.15) is 0 Å². The molecule has 1 rings (SSSR count). The highest BCUT2D eigenvalue weighted by molar-refractivity contribution is 4.82. The second-order valence-electron chi connectivity index (χ2n) is 5.01. The van der Waals surface area contributed by atoms with Gasteiger partial charge in [0.15, 0.2) is 0 Å². The van der Waals surface area contributed by atoms with Gasteiger partial charge in [0, 0.05) is 25.0 Å². The van der Waals surface area contributed by atoms with Crippen LogP contribution in [0.25, 0.3) is 0 Å². The zero-order valence-corrected chi connectivity index (χ0v) is 9.79. The molecule has 0 aromatic rings. The van der Waals surface area contributed by atoms with Crippen LogP contribution in [0.4, 0.5) is 0 Å². The largest absolute Gasteiger partial charge is 0.390 e. The van der Waals surface area contributed by atoms with Crippen LogP contribution in [0.1, 0.15) is 27.7 Å². The third-order valence-electron chi connectivity index (χ3n) is 3.03. The Bertz CT molecular complexity index is 175. The monoisotopic (exact) mass is 201 g/mol. The van der Waals surface area contributed by atoms with Crippen LogP contribution in [0.2, 0.25) is 0 Å². The van der Waals surface area contributed by atoms with E-state index in [1.165, 1.54) is 0 Å². The maximum atomic E-state index is 9.96. The smallest absolute Gasteiger partial charge is 0.0654 e. The molecule has 1 aliphatic heterocycles. The third kappa shape index (κ3) is 3.23. The summed E-state index contributed by atoms with van der Waals surface area (Å²) in [4.78, 5) is 2.37. The minimum Gasteiger partial charge on any atom is -0.390 e. The Hall–Kier alpha value is -0.120. The fraction of sp³-hybridized carbons (Fsp3) is 1.00. The van der Waals surface area contributed by atoms with Crippen molar-refractivity contribution in [3.63, 3.8) is 0 Å². The van der Waals surface area contributed by atoms with Crippen molar-refractivity contribution in [1.82, 2.24) is 4.90 Å². The summed E-state index contributed by atoms with van der Waals surface area (Å²) in [6.45, 7) is 11.5. The third-order valence-corrected chi connectivity index (χ3v) is 3.03. The molecule has 1 unspecified atom stereocenters. The molecule has 84 valence electrons. The van der Waals surface area contributed by atoms with Gasteiger partial charge in [-0.2, -0.15) is 0 Å². The van der Waals surface area contributed by atoms with Gasteiger partial charge in [-0.05, 0) is 27.7 Å². The molecule has 3 nitrogen and oxygen atoms in total. The first kappa shape index (κ1) is 12.0. The molecule has 1 heterocycles. The molecule has 1 saturated heterocycles. The van der Waals surface area contributed by atoms with E-state index in [4.69, 9.17) is 4.74 Å². The quantitative estimate of drug-likeness (QED) is 0.726. The second-order valence-corrected chi connectivity index (χ2v) is 5.01. The predicted molar refractivity (Wildman–Crippen MR) is 57.3 cm³/mol. The van der Waals surface area contributed by atoms with E-state index in [0.717, 1.165) is 19.7 Å². The average Bonchev–Trinajstić information content (AvgIpc) is 2.26. The molecule has 0 aromatic carbocycles. The number of hydrogen-bond acceptors (Lipinski definition) is 3. The first-order valence-corrected chi connectivity index (χ1v) is 5.45. The zero-order chi connectivity index (χ0) is 10.8. The number of rotatable bonds is 2. The molecule has 1 atom stereocenters. The summed E-state index contributed by atoms with van der Waals surface area (Å²) in [5.41, 5.74) is -0.641. The van der Waals surface area contributed by atoms with Crippen molar-refractivity contribution >= 4 is 0 Å². The van der Waals surface area contributed by atoms with Gasteiger partial charge in [0.25, 0.3) is 0 Å². The number of hydrogen-bond donors (Lipinski definition) is 1. The molecule has 0 aliphatic carbocycles. The van der Waals surface area contributed by atoms with Gasteiger partial charge in [0.2, 0.25) is 0 Å². The Balaban J connectivity index is 2.60. The van der Waals surface area contributed by atoms with Crippen LogP contribution >= 0.6 is 0 Å². The van der Waals surface area contributed by atoms with Crippen molar-refractivity contribution in [3.05, 3.63) is 0 Å². The van der Waals surface area contributed by atoms with Crippen LogP contribution in [0.15, 0.2) is 0 Å². The molecule has 14 heavy (non-hydrogen) atoms. The summed E-state index contributed by atoms with van der Waals surface area (Å²) in [5.74, 6) is 0.215. The topological polar surface area (TPSA) is 32.7 Å². The van der Waals surface area contributed by atoms with E-state index in [-0.39, 0.29) is 5.92 Å². The minimum absolute atomic E-state index is 0.215. The SMILES string of the molecule is CC(C)N1CCOCC(C(C)(C)O)C1. The van der Waals surface area contributed by atoms with Crippen molar-refractivity contribution in [3.8, 4) is 0 Å². The van der Waals surface area contributed by atoms with Crippen LogP contribution in [0, 0.1) is 5.92 Å². The van der Waals surface area contributed by atoms with E-state index >= 15 is 0 Å². The predicted octanol–water partition coefficient (Wildman–Crippen LogP) is 1.11. The number of ether oxygens (including phenoxy) is 1. The minimum atomic E-state index is -0.641. The van der Waals surface area contributed by atoms with Crippen molar-refractivity contribution < 1.29 is 9.84 Å². The molecular formula is C11H23NO2. The van der Waals surface area contributed by atoms with E-state index in [0.29, 0.717) is 12.6 Å². The molecular weight excluding hydrogens is 178 g/mol. The van der Waals surface area contributed by atoms with Gasteiger partial charge >= 0.3 is 0 Å². The molecule has 1 fully saturated rings. The van der Waals surface area contributed by atoms with Crippen molar-refractivity contribution in [2.45, 2.75) is 39.3 Å². The molecule has 1 N–H and O–H groups in total. The summed E-state index contributed by atoms with van der Waals surface area (Å²) >= 11 is 0. The van der Waals surface area contributed by atoms with Crippen LogP contribution in [-0.4, -0.2) is 48.0 Å². The first-order chi connectivity index (χ1) is 6.41. The highest BCUT2D eigenvalue weighted by Gasteiger charge is 2.31. The molecule has 0 amide bonds. The summed E-state index contributed by atoms with van der Waals surface area (Å²) in [6, 6.07) is 0.529. The van der Waals surface area contributed by atoms with Gasteiger partial charge in [0.05, 0.1) is 18.8 Å². The van der Waals surface area contributed by atoms with Crippen LogP contribution in [-0.2, 0) is 4.74 Å². The van der Waals surface area contributed by atoms with E-state index in [1.807, 2.05) is 13.8 Å². The maximum absolute atomic E-state index is 9.96. The molecule has 3 heteroatoms. The fourth-order valence-corrected chi connectivity index (χ4v) is 1.73. The van der Waals surface area contributed by atoms with Gasteiger partial charge in [-0.3, -0.25) is 4.90 Å². The maximum Gasteiger partial charge on any atom is 0.0654 e. The number of nitrogens with zero attached hydrogens (tertiary/aromatic N) is 1. The lowest BCUT2D eigenvalue weighted by Gasteiger charge is -2.33. The Morgan fingerprint density at radius 1 is 1.43 bits per heavy atom. The van der Waals surface area contributed by atoms with Crippen molar-refractivity contribution in [2.24, 2.45) is 5.92 Å². The normalized spacial score (nSPS) is 26.6. The Labute approximate surface area is 87.1 Å². The fourth-order valence-electron chi connectivity index (χ4n) is 1.73. The summed E-state index contributed by atoms with van der Waals surface area (Å²) in [5, 5.41) is 9.96. The Kier molecular flexibility index (Phi) is 3.93. The van der Waals surface area contributed by atoms with E-state index < -0.39 is 5.60 Å². The standard InChI is InChI=1S/C11H23NO2/c1-9(2)12-5-6-14-8-10(7-12)11(3,4)13/h9-10,13H,5-8H2,1-4H3. The van der Waals surface area contributed by atoms with Crippen molar-refractivity contribution in [2.75, 3.05) is 26.3 Å². The van der Waals surface area contributed by atoms with E-state index in [1.54, 1.807) is 0 Å². The van der Waals surface area contributed by atoms with Gasteiger partial charge in [-0.25, -0.2) is 0 Å². The molecule has 1 aliphatic rings. The van der Waals surface area contributed by atoms with Crippen LogP contribution < -0.4 is 0 Å². The van der Waals surface area contributed by atoms with Crippen LogP contribution in [0.3, 0.4) is 0 Å². The Morgan fingerprint density at radius 3 is 2.57 bits per heavy atom. The lowest BCUT2D eigenvalue weighted by Crippen LogP contribution is -2.43. The summed E-state index contributed by atoms with van der Waals surface area (Å²) < 4.78 is 5.51. The first-order valence-electron chi connectivity index (χ1n) is 5.45. The highest BCUT2D eigenvalue weighted by atomic mass is 16.5. The Morgan fingerprint density at radius 2 is 2.07 bits per heavy atom. The molecule has 0 saturated carbocycles. The average molecular weight is 201 g/mol. The van der Waals surface area contributed by atoms with Gasteiger partial charge in [-0.15, -0.1) is 0 Å². The summed E-state index contributed by atoms with van der Waals surface area (Å²) in [6.07, 6.45) is 0. The molecule has 0 radical (unpaired) electrons. The van der Waals surface area contributed by atoms with Crippen LogP contribution in [0.5, 0.6) is 0 Å². The number of aliphatic hydroxyl groups is 1. The lowest BCUT2D eigenvalue weighted by molar-refractivity contribution is -0.0231. The highest BCUT2D eigenvalue weighted by Crippen LogP contribution is 2.21. The van der Waals surface area contributed by atoms with Crippen molar-refractivity contribution in [1.29, 1.82) is 0 Å². The molecule has 0 bridgehead atoms. The van der Waals surface area contributed by atoms with E-state index in [9.17, 15) is 5.11 Å². The second kappa shape index (κ2) is 4.60.